The maximum absolute atomic E-state index is 12.9. The van der Waals surface area contributed by atoms with Gasteiger partial charge < -0.3 is 44.4 Å². The molecule has 256 valence electrons. The van der Waals surface area contributed by atoms with Gasteiger partial charge in [-0.2, -0.15) is 0 Å². The number of nitrogens with zero attached hydrogens (tertiary/aromatic N) is 5. The minimum Gasteiger partial charge on any atom is -0.493 e. The third kappa shape index (κ3) is 10.6. The summed E-state index contributed by atoms with van der Waals surface area (Å²) >= 11 is 0. The number of aromatic nitrogens is 2. The molecule has 13 nitrogen and oxygen atoms in total. The molecule has 5 rings (SSSR count). The standard InChI is InChI=1S/C31H42N6O4.C3H6O3/c1-23(2)41-25-10-8-24(9-11-25)34-31(38)37-17-15-36(16-18-37)30-26-20-28(39-3)29(21-27(26)32-22-33-30)40-19-7-14-35-12-5-4-6-13-35;1-2(4)3(5)6/h8-11,20-23H,4-7,12-19H2,1-3H3,(H,34,38);2,4H,1H3,(H,5,6)/t;2-/m.0/s1. The molecule has 0 spiro atoms. The number of hydrogen-bond acceptors (Lipinski definition) is 10. The summed E-state index contributed by atoms with van der Waals surface area (Å²) < 4.78 is 17.5. The Labute approximate surface area is 276 Å². The van der Waals surface area contributed by atoms with Gasteiger partial charge in [-0.25, -0.2) is 19.6 Å². The summed E-state index contributed by atoms with van der Waals surface area (Å²) in [6, 6.07) is 11.3. The van der Waals surface area contributed by atoms with Crippen molar-refractivity contribution in [2.75, 3.05) is 69.7 Å². The molecule has 3 aromatic rings. The second-order valence-corrected chi connectivity index (χ2v) is 11.9. The number of aliphatic hydroxyl groups excluding tert-OH is 1. The van der Waals surface area contributed by atoms with E-state index in [2.05, 4.69) is 25.1 Å². The molecule has 3 heterocycles. The summed E-state index contributed by atoms with van der Waals surface area (Å²) in [5.74, 6) is 1.82. The number of piperazine rings is 1. The minimum absolute atomic E-state index is 0.106. The second kappa shape index (κ2) is 17.5. The van der Waals surface area contributed by atoms with Crippen LogP contribution in [0.15, 0.2) is 42.7 Å². The molecule has 3 N–H and O–H groups in total. The summed E-state index contributed by atoms with van der Waals surface area (Å²) in [5, 5.41) is 19.7. The van der Waals surface area contributed by atoms with Crippen molar-refractivity contribution in [2.45, 2.75) is 58.7 Å². The van der Waals surface area contributed by atoms with Crippen LogP contribution in [0.1, 0.15) is 46.5 Å². The molecular formula is C34H48N6O7. The predicted octanol–water partition coefficient (Wildman–Crippen LogP) is 4.49. The van der Waals surface area contributed by atoms with Crippen LogP contribution in [-0.2, 0) is 4.79 Å². The summed E-state index contributed by atoms with van der Waals surface area (Å²) in [4.78, 5) is 38.0. The van der Waals surface area contributed by atoms with Gasteiger partial charge in [0.2, 0.25) is 0 Å². The Hall–Kier alpha value is -4.36. The quantitative estimate of drug-likeness (QED) is 0.252. The number of amides is 2. The average Bonchev–Trinajstić information content (AvgIpc) is 3.07. The summed E-state index contributed by atoms with van der Waals surface area (Å²) in [7, 11) is 1.66. The molecule has 13 heteroatoms. The molecule has 2 amide bonds. The first kappa shape index (κ1) is 35.5. The van der Waals surface area contributed by atoms with Gasteiger partial charge in [0.05, 0.1) is 25.3 Å². The van der Waals surface area contributed by atoms with Crippen LogP contribution in [0.3, 0.4) is 0 Å². The number of aliphatic carboxylic acids is 1. The predicted molar refractivity (Wildman–Crippen MR) is 181 cm³/mol. The van der Waals surface area contributed by atoms with E-state index in [0.717, 1.165) is 41.1 Å². The molecule has 2 aliphatic heterocycles. The van der Waals surface area contributed by atoms with E-state index < -0.39 is 12.1 Å². The molecule has 2 saturated heterocycles. The van der Waals surface area contributed by atoms with Crippen molar-refractivity contribution in [3.8, 4) is 17.2 Å². The third-order valence-corrected chi connectivity index (χ3v) is 7.93. The largest absolute Gasteiger partial charge is 0.493 e. The Morgan fingerprint density at radius 2 is 1.62 bits per heavy atom. The number of rotatable bonds is 11. The number of aliphatic hydroxyl groups is 1. The van der Waals surface area contributed by atoms with Crippen LogP contribution in [0.4, 0.5) is 16.3 Å². The lowest BCUT2D eigenvalue weighted by molar-refractivity contribution is -0.145. The van der Waals surface area contributed by atoms with Crippen molar-refractivity contribution in [3.63, 3.8) is 0 Å². The van der Waals surface area contributed by atoms with Gasteiger partial charge >= 0.3 is 12.0 Å². The average molecular weight is 653 g/mol. The lowest BCUT2D eigenvalue weighted by Gasteiger charge is -2.35. The van der Waals surface area contributed by atoms with Gasteiger partial charge in [-0.15, -0.1) is 0 Å². The van der Waals surface area contributed by atoms with Crippen LogP contribution in [-0.4, -0.2) is 114 Å². The highest BCUT2D eigenvalue weighted by Crippen LogP contribution is 2.35. The number of carboxylic acids is 1. The Morgan fingerprint density at radius 1 is 0.936 bits per heavy atom. The normalized spacial score (nSPS) is 15.9. The number of fused-ring (bicyclic) bond motifs is 1. The minimum atomic E-state index is -1.23. The fourth-order valence-electron chi connectivity index (χ4n) is 5.44. The summed E-state index contributed by atoms with van der Waals surface area (Å²) in [5.41, 5.74) is 1.55. The Balaban J connectivity index is 0.000000762. The maximum atomic E-state index is 12.9. The van der Waals surface area contributed by atoms with E-state index >= 15 is 0 Å². The molecule has 0 unspecified atom stereocenters. The third-order valence-electron chi connectivity index (χ3n) is 7.93. The first-order valence-electron chi connectivity index (χ1n) is 16.3. The molecule has 2 fully saturated rings. The van der Waals surface area contributed by atoms with Gasteiger partial charge in [-0.3, -0.25) is 0 Å². The smallest absolute Gasteiger partial charge is 0.332 e. The molecule has 0 aliphatic carbocycles. The highest BCUT2D eigenvalue weighted by molar-refractivity contribution is 5.92. The molecule has 47 heavy (non-hydrogen) atoms. The molecule has 0 saturated carbocycles. The highest BCUT2D eigenvalue weighted by atomic mass is 16.5. The number of anilines is 2. The monoisotopic (exact) mass is 652 g/mol. The Morgan fingerprint density at radius 3 is 2.23 bits per heavy atom. The fraction of sp³-hybridized carbons (Fsp3) is 0.529. The molecule has 0 bridgehead atoms. The first-order valence-corrected chi connectivity index (χ1v) is 16.3. The first-order chi connectivity index (χ1) is 22.6. The van der Waals surface area contributed by atoms with Crippen LogP contribution in [0.25, 0.3) is 10.9 Å². The van der Waals surface area contributed by atoms with Crippen molar-refractivity contribution in [1.82, 2.24) is 19.8 Å². The topological polar surface area (TPSA) is 150 Å². The Bertz CT molecular complexity index is 1440. The van der Waals surface area contributed by atoms with Crippen LogP contribution in [0.5, 0.6) is 17.2 Å². The van der Waals surface area contributed by atoms with E-state index in [1.807, 2.05) is 55.1 Å². The van der Waals surface area contributed by atoms with Crippen molar-refractivity contribution < 1.29 is 34.0 Å². The fourth-order valence-corrected chi connectivity index (χ4v) is 5.44. The molecule has 0 radical (unpaired) electrons. The number of carboxylic acid groups (broad SMARTS) is 1. The van der Waals surface area contributed by atoms with Crippen molar-refractivity contribution in [3.05, 3.63) is 42.7 Å². The van der Waals surface area contributed by atoms with Gasteiger partial charge in [0, 0.05) is 49.9 Å². The van der Waals surface area contributed by atoms with Gasteiger partial charge in [0.15, 0.2) is 11.5 Å². The molecule has 2 aliphatic rings. The van der Waals surface area contributed by atoms with E-state index in [0.29, 0.717) is 44.3 Å². The van der Waals surface area contributed by atoms with Crippen LogP contribution in [0.2, 0.25) is 0 Å². The number of hydrogen-bond donors (Lipinski definition) is 3. The van der Waals surface area contributed by atoms with Crippen LogP contribution >= 0.6 is 0 Å². The van der Waals surface area contributed by atoms with Crippen molar-refractivity contribution >= 4 is 34.4 Å². The van der Waals surface area contributed by atoms with E-state index in [-0.39, 0.29) is 12.1 Å². The number of piperidine rings is 1. The SMILES string of the molecule is COc1cc2c(N3CCN(C(=O)Nc4ccc(OC(C)C)cc4)CC3)ncnc2cc1OCCCN1CCCCC1.C[C@H](O)C(=O)O. The van der Waals surface area contributed by atoms with Crippen molar-refractivity contribution in [1.29, 1.82) is 0 Å². The lowest BCUT2D eigenvalue weighted by Crippen LogP contribution is -2.50. The summed E-state index contributed by atoms with van der Waals surface area (Å²) in [6.07, 6.45) is 5.39. The van der Waals surface area contributed by atoms with Gasteiger partial charge in [-0.05, 0) is 83.5 Å². The maximum Gasteiger partial charge on any atom is 0.332 e. The number of benzene rings is 2. The molecular weight excluding hydrogens is 604 g/mol. The second-order valence-electron chi connectivity index (χ2n) is 11.9. The number of likely N-dealkylation sites (tertiary alicyclic amines) is 1. The lowest BCUT2D eigenvalue weighted by atomic mass is 10.1. The number of nitrogens with one attached hydrogen (secondary N) is 1. The molecule has 1 aromatic heterocycles. The van der Waals surface area contributed by atoms with E-state index in [1.54, 1.807) is 13.4 Å². The van der Waals surface area contributed by atoms with Crippen LogP contribution in [0, 0.1) is 0 Å². The number of ether oxygens (including phenoxy) is 3. The zero-order valence-corrected chi connectivity index (χ0v) is 27.9. The molecule has 1 atom stereocenters. The zero-order valence-electron chi connectivity index (χ0n) is 27.9. The van der Waals surface area contributed by atoms with Gasteiger partial charge in [0.25, 0.3) is 0 Å². The number of urea groups is 1. The van der Waals surface area contributed by atoms with E-state index in [1.165, 1.54) is 39.3 Å². The molecule has 2 aromatic carbocycles. The number of carbonyl (C=O) groups excluding carboxylic acids is 1. The number of carbonyl (C=O) groups is 2. The van der Waals surface area contributed by atoms with E-state index in [4.69, 9.17) is 24.4 Å². The van der Waals surface area contributed by atoms with E-state index in [9.17, 15) is 9.59 Å². The van der Waals surface area contributed by atoms with Crippen LogP contribution < -0.4 is 24.4 Å². The number of methoxy groups -OCH3 is 1. The highest BCUT2D eigenvalue weighted by Gasteiger charge is 2.24. The van der Waals surface area contributed by atoms with Gasteiger partial charge in [-0.1, -0.05) is 6.42 Å². The summed E-state index contributed by atoms with van der Waals surface area (Å²) in [6.45, 7) is 11.8. The van der Waals surface area contributed by atoms with Gasteiger partial charge in [0.1, 0.15) is 24.0 Å². The Kier molecular flexibility index (Phi) is 13.2. The van der Waals surface area contributed by atoms with Crippen molar-refractivity contribution in [2.24, 2.45) is 0 Å². The zero-order chi connectivity index (χ0) is 33.8.